The maximum atomic E-state index is 2.33. The molecule has 0 amide bonds. The van der Waals surface area contributed by atoms with Crippen LogP contribution < -0.4 is 9.80 Å². The number of hydrogen-bond donors (Lipinski definition) is 2. The summed E-state index contributed by atoms with van der Waals surface area (Å²) in [5.74, 6) is 0. The third-order valence-corrected chi connectivity index (χ3v) is 4.79. The van der Waals surface area contributed by atoms with E-state index in [-0.39, 0.29) is 0 Å². The third-order valence-electron chi connectivity index (χ3n) is 4.79. The van der Waals surface area contributed by atoms with E-state index in [2.05, 4.69) is 72.8 Å². The van der Waals surface area contributed by atoms with Gasteiger partial charge < -0.3 is 9.80 Å². The highest BCUT2D eigenvalue weighted by Gasteiger charge is 2.21. The molecule has 0 atom stereocenters. The molecule has 120 valence electrons. The van der Waals surface area contributed by atoms with Crippen LogP contribution in [0.2, 0.25) is 0 Å². The molecule has 0 aromatic heterocycles. The third kappa shape index (κ3) is 5.34. The van der Waals surface area contributed by atoms with Gasteiger partial charge in [-0.1, -0.05) is 66.7 Å². The van der Waals surface area contributed by atoms with Crippen LogP contribution in [0.1, 0.15) is 11.1 Å². The van der Waals surface area contributed by atoms with Crippen LogP contribution >= 0.6 is 0 Å². The highest BCUT2D eigenvalue weighted by molar-refractivity contribution is 5.48. The van der Waals surface area contributed by atoms with Crippen LogP contribution in [-0.4, -0.2) is 39.3 Å². The summed E-state index contributed by atoms with van der Waals surface area (Å²) in [5.41, 5.74) is 2.78. The van der Waals surface area contributed by atoms with Crippen LogP contribution in [0.5, 0.6) is 0 Å². The van der Waals surface area contributed by atoms with Gasteiger partial charge in [-0.15, -0.1) is 0 Å². The van der Waals surface area contributed by atoms with Gasteiger partial charge in [0.05, 0.1) is 13.1 Å². The fraction of sp³-hybridized carbons (Fsp3) is 0.333. The van der Waals surface area contributed by atoms with Crippen LogP contribution in [0, 0.1) is 0 Å². The van der Waals surface area contributed by atoms with Crippen LogP contribution in [0.25, 0.3) is 6.08 Å². The first-order chi connectivity index (χ1) is 11.4. The number of rotatable bonds is 6. The van der Waals surface area contributed by atoms with E-state index in [1.54, 1.807) is 9.80 Å². The predicted molar refractivity (Wildman–Crippen MR) is 96.7 cm³/mol. The largest absolute Gasteiger partial charge is 0.325 e. The van der Waals surface area contributed by atoms with Gasteiger partial charge in [-0.25, -0.2) is 0 Å². The van der Waals surface area contributed by atoms with E-state index in [1.807, 2.05) is 0 Å². The van der Waals surface area contributed by atoms with Crippen LogP contribution in [-0.2, 0) is 6.42 Å². The van der Waals surface area contributed by atoms with Crippen molar-refractivity contribution in [3.8, 4) is 0 Å². The topological polar surface area (TPSA) is 8.88 Å². The molecule has 2 N–H and O–H groups in total. The first-order valence-electron chi connectivity index (χ1n) is 8.83. The second kappa shape index (κ2) is 8.66. The first-order valence-corrected chi connectivity index (χ1v) is 8.83. The minimum absolute atomic E-state index is 1.15. The van der Waals surface area contributed by atoms with Gasteiger partial charge in [-0.05, 0) is 17.2 Å². The van der Waals surface area contributed by atoms with Crippen molar-refractivity contribution in [3.05, 3.63) is 77.9 Å². The molecule has 1 aliphatic heterocycles. The molecule has 2 heteroatoms. The Hall–Kier alpha value is -1.90. The molecule has 1 fully saturated rings. The molecule has 0 radical (unpaired) electrons. The summed E-state index contributed by atoms with van der Waals surface area (Å²) in [7, 11) is 0. The minimum atomic E-state index is 1.15. The second-order valence-corrected chi connectivity index (χ2v) is 6.50. The van der Waals surface area contributed by atoms with Crippen molar-refractivity contribution < 1.29 is 9.80 Å². The van der Waals surface area contributed by atoms with Gasteiger partial charge >= 0.3 is 0 Å². The molecule has 1 heterocycles. The van der Waals surface area contributed by atoms with E-state index in [1.165, 1.54) is 50.3 Å². The Morgan fingerprint density at radius 1 is 0.739 bits per heavy atom. The van der Waals surface area contributed by atoms with E-state index in [0.717, 1.165) is 6.54 Å². The summed E-state index contributed by atoms with van der Waals surface area (Å²) in [6.45, 7) is 7.63. The Balaban J connectivity index is 1.36. The molecule has 2 aromatic rings. The summed E-state index contributed by atoms with van der Waals surface area (Å²) in [4.78, 5) is 3.49. The van der Waals surface area contributed by atoms with Gasteiger partial charge in [-0.2, -0.15) is 0 Å². The fourth-order valence-electron chi connectivity index (χ4n) is 3.30. The van der Waals surface area contributed by atoms with Crippen molar-refractivity contribution in [2.45, 2.75) is 6.42 Å². The standard InChI is InChI=1S/C21H26N2/c1-3-8-20(9-4-1)12-7-14-22-16-18-23(19-17-22)15-13-21-10-5-2-6-11-21/h1-12H,13-19H2/p+2. The number of nitrogens with one attached hydrogen (secondary N) is 2. The molecule has 0 unspecified atom stereocenters. The van der Waals surface area contributed by atoms with Crippen molar-refractivity contribution in [1.29, 1.82) is 0 Å². The Bertz CT molecular complexity index is 584. The molecule has 0 saturated carbocycles. The highest BCUT2D eigenvalue weighted by Crippen LogP contribution is 1.99. The second-order valence-electron chi connectivity index (χ2n) is 6.50. The zero-order chi connectivity index (χ0) is 15.7. The van der Waals surface area contributed by atoms with E-state index in [9.17, 15) is 0 Å². The lowest BCUT2D eigenvalue weighted by molar-refractivity contribution is -1.01. The SMILES string of the molecule is C(=Cc1ccccc1)C[NH+]1CC[NH+](CCc2ccccc2)CC1. The number of piperazine rings is 1. The van der Waals surface area contributed by atoms with Gasteiger partial charge in [0.2, 0.25) is 0 Å². The quantitative estimate of drug-likeness (QED) is 0.778. The van der Waals surface area contributed by atoms with Crippen molar-refractivity contribution in [2.75, 3.05) is 39.3 Å². The zero-order valence-electron chi connectivity index (χ0n) is 13.9. The van der Waals surface area contributed by atoms with Gasteiger partial charge in [0.15, 0.2) is 0 Å². The van der Waals surface area contributed by atoms with Crippen LogP contribution in [0.4, 0.5) is 0 Å². The Labute approximate surface area is 140 Å². The Morgan fingerprint density at radius 2 is 1.35 bits per heavy atom. The molecule has 23 heavy (non-hydrogen) atoms. The molecule has 2 aromatic carbocycles. The maximum Gasteiger partial charge on any atom is 0.127 e. The van der Waals surface area contributed by atoms with E-state index >= 15 is 0 Å². The van der Waals surface area contributed by atoms with E-state index < -0.39 is 0 Å². The Kier molecular flexibility index (Phi) is 6.01. The van der Waals surface area contributed by atoms with Crippen molar-refractivity contribution in [3.63, 3.8) is 0 Å². The number of quaternary nitrogens is 2. The summed E-state index contributed by atoms with van der Waals surface area (Å²) >= 11 is 0. The number of hydrogen-bond acceptors (Lipinski definition) is 0. The Morgan fingerprint density at radius 3 is 2.04 bits per heavy atom. The average molecular weight is 308 g/mol. The van der Waals surface area contributed by atoms with Gasteiger partial charge in [-0.3, -0.25) is 0 Å². The van der Waals surface area contributed by atoms with Crippen LogP contribution in [0.3, 0.4) is 0 Å². The van der Waals surface area contributed by atoms with E-state index in [0.29, 0.717) is 0 Å². The van der Waals surface area contributed by atoms with Crippen molar-refractivity contribution in [2.24, 2.45) is 0 Å². The molecular weight excluding hydrogens is 280 g/mol. The summed E-state index contributed by atoms with van der Waals surface area (Å²) in [6, 6.07) is 21.5. The van der Waals surface area contributed by atoms with Crippen molar-refractivity contribution in [1.82, 2.24) is 0 Å². The molecular formula is C21H28N2+2. The normalized spacial score (nSPS) is 21.6. The molecule has 1 aliphatic rings. The highest BCUT2D eigenvalue weighted by atomic mass is 15.3. The summed E-state index contributed by atoms with van der Waals surface area (Å²) in [6.07, 6.45) is 5.79. The molecule has 1 saturated heterocycles. The predicted octanol–water partition coefficient (Wildman–Crippen LogP) is 0.726. The molecule has 0 aliphatic carbocycles. The lowest BCUT2D eigenvalue weighted by Crippen LogP contribution is -3.28. The lowest BCUT2D eigenvalue weighted by atomic mass is 10.1. The monoisotopic (exact) mass is 308 g/mol. The van der Waals surface area contributed by atoms with Crippen LogP contribution in [0.15, 0.2) is 66.7 Å². The first kappa shape index (κ1) is 16.0. The molecule has 0 bridgehead atoms. The van der Waals surface area contributed by atoms with Crippen molar-refractivity contribution >= 4 is 6.08 Å². The van der Waals surface area contributed by atoms with Gasteiger partial charge in [0.25, 0.3) is 0 Å². The minimum Gasteiger partial charge on any atom is -0.325 e. The zero-order valence-corrected chi connectivity index (χ0v) is 13.9. The average Bonchev–Trinajstić information content (AvgIpc) is 2.63. The lowest BCUT2D eigenvalue weighted by Gasteiger charge is -2.29. The van der Waals surface area contributed by atoms with Gasteiger partial charge in [0.1, 0.15) is 26.2 Å². The smallest absolute Gasteiger partial charge is 0.127 e. The molecule has 0 spiro atoms. The van der Waals surface area contributed by atoms with Gasteiger partial charge in [0, 0.05) is 6.42 Å². The summed E-state index contributed by atoms with van der Waals surface area (Å²) in [5, 5.41) is 0. The molecule has 2 nitrogen and oxygen atoms in total. The van der Waals surface area contributed by atoms with E-state index in [4.69, 9.17) is 0 Å². The number of benzene rings is 2. The molecule has 3 rings (SSSR count). The fourth-order valence-corrected chi connectivity index (χ4v) is 3.30. The summed E-state index contributed by atoms with van der Waals surface area (Å²) < 4.78 is 0. The maximum absolute atomic E-state index is 2.33.